The molecule has 1 heterocycles. The fourth-order valence-electron chi connectivity index (χ4n) is 2.77. The summed E-state index contributed by atoms with van der Waals surface area (Å²) < 4.78 is 20.1. The molecule has 0 bridgehead atoms. The van der Waals surface area contributed by atoms with E-state index in [4.69, 9.17) is 14.3 Å². The van der Waals surface area contributed by atoms with Crippen molar-refractivity contribution >= 4 is 25.4 Å². The van der Waals surface area contributed by atoms with Crippen LogP contribution in [0.4, 0.5) is 10.3 Å². The van der Waals surface area contributed by atoms with E-state index >= 15 is 0 Å². The summed E-state index contributed by atoms with van der Waals surface area (Å²) >= 11 is 1.01. The molecule has 0 spiro atoms. The monoisotopic (exact) mass is 413 g/mol. The summed E-state index contributed by atoms with van der Waals surface area (Å²) in [6.45, 7) is 11.2. The summed E-state index contributed by atoms with van der Waals surface area (Å²) in [5.41, 5.74) is 3.93. The van der Waals surface area contributed by atoms with Crippen LogP contribution < -0.4 is 4.31 Å². The summed E-state index contributed by atoms with van der Waals surface area (Å²) in [6.07, 6.45) is 0.957. The molecule has 0 saturated heterocycles. The van der Waals surface area contributed by atoms with E-state index in [-0.39, 0.29) is 11.7 Å². The van der Waals surface area contributed by atoms with Crippen molar-refractivity contribution in [3.8, 4) is 11.3 Å². The minimum atomic E-state index is -1.43. The van der Waals surface area contributed by atoms with Gasteiger partial charge in [0.25, 0.3) is 0 Å². The van der Waals surface area contributed by atoms with Gasteiger partial charge in [0.05, 0.1) is 0 Å². The van der Waals surface area contributed by atoms with Crippen molar-refractivity contribution in [1.29, 1.82) is 0 Å². The first-order valence-corrected chi connectivity index (χ1v) is 13.3. The Hall–Kier alpha value is -1.27. The second-order valence-corrected chi connectivity index (χ2v) is 14.2. The maximum atomic E-state index is 13.5. The molecule has 0 amide bonds. The molecular weight excluding hydrogens is 384 g/mol. The molecule has 5 nitrogen and oxygen atoms in total. The molecular formula is C19H29FN3O2PS. The zero-order chi connectivity index (χ0) is 20.2. The number of nitrogens with zero attached hydrogens (tertiary/aromatic N) is 3. The van der Waals surface area contributed by atoms with Gasteiger partial charge in [0.1, 0.15) is 0 Å². The van der Waals surface area contributed by atoms with E-state index in [1.54, 1.807) is 16.4 Å². The Morgan fingerprint density at radius 2 is 1.78 bits per heavy atom. The van der Waals surface area contributed by atoms with Gasteiger partial charge in [-0.3, -0.25) is 0 Å². The molecule has 0 radical (unpaired) electrons. The molecule has 8 heteroatoms. The molecule has 0 N–H and O–H groups in total. The molecule has 0 aliphatic carbocycles. The van der Waals surface area contributed by atoms with Gasteiger partial charge in [0.2, 0.25) is 0 Å². The van der Waals surface area contributed by atoms with Gasteiger partial charge in [-0.25, -0.2) is 0 Å². The van der Waals surface area contributed by atoms with Crippen molar-refractivity contribution < 1.29 is 13.6 Å². The molecule has 0 aliphatic heterocycles. The van der Waals surface area contributed by atoms with E-state index in [0.29, 0.717) is 5.95 Å². The summed E-state index contributed by atoms with van der Waals surface area (Å²) in [5, 5.41) is 0. The topological polar surface area (TPSA) is 47.5 Å². The van der Waals surface area contributed by atoms with Crippen molar-refractivity contribution in [1.82, 2.24) is 9.97 Å². The van der Waals surface area contributed by atoms with E-state index in [9.17, 15) is 4.39 Å². The van der Waals surface area contributed by atoms with Crippen molar-refractivity contribution in [3.05, 3.63) is 41.3 Å². The van der Waals surface area contributed by atoms with Crippen molar-refractivity contribution in [2.75, 3.05) is 38.5 Å². The standard InChI is InChI=1S/C19H29FN3O2PS/c1-13(2)17-16(12-26(5,6)7)18(14-8-10-15(20)11-9-14)22-19(21-17)23(3)27-25-24-4/h8-11,13,26H,12H2,1-7H3. The van der Waals surface area contributed by atoms with Crippen LogP contribution in [0, 0.1) is 5.82 Å². The molecule has 2 rings (SSSR count). The number of halogens is 1. The van der Waals surface area contributed by atoms with Gasteiger partial charge in [-0.05, 0) is 0 Å². The normalized spacial score (nSPS) is 12.5. The molecule has 1 aromatic heterocycles. The van der Waals surface area contributed by atoms with Crippen molar-refractivity contribution in [3.63, 3.8) is 0 Å². The van der Waals surface area contributed by atoms with Crippen LogP contribution in [0.25, 0.3) is 11.3 Å². The summed E-state index contributed by atoms with van der Waals surface area (Å²) in [5.74, 6) is 0.503. The predicted molar refractivity (Wildman–Crippen MR) is 115 cm³/mol. The third-order valence-corrected chi connectivity index (χ3v) is 5.89. The molecule has 0 aliphatic rings. The van der Waals surface area contributed by atoms with Crippen LogP contribution in [0.15, 0.2) is 24.3 Å². The molecule has 27 heavy (non-hydrogen) atoms. The first-order valence-electron chi connectivity index (χ1n) is 8.90. The second-order valence-electron chi connectivity index (χ2n) is 7.94. The molecule has 0 unspecified atom stereocenters. The van der Waals surface area contributed by atoms with Crippen molar-refractivity contribution in [2.24, 2.45) is 0 Å². The number of aromatic nitrogens is 2. The van der Waals surface area contributed by atoms with E-state index < -0.39 is 7.26 Å². The van der Waals surface area contributed by atoms with Crippen LogP contribution in [0.3, 0.4) is 0 Å². The van der Waals surface area contributed by atoms with Gasteiger partial charge in [-0.1, -0.05) is 0 Å². The van der Waals surface area contributed by atoms with Crippen LogP contribution >= 0.6 is 19.5 Å². The predicted octanol–water partition coefficient (Wildman–Crippen LogP) is 5.12. The summed E-state index contributed by atoms with van der Waals surface area (Å²) in [7, 11) is 1.83. The minimum absolute atomic E-state index is 0.235. The van der Waals surface area contributed by atoms with E-state index in [0.717, 1.165) is 40.9 Å². The Morgan fingerprint density at radius 3 is 2.30 bits per heavy atom. The average molecular weight is 413 g/mol. The van der Waals surface area contributed by atoms with E-state index in [1.165, 1.54) is 19.2 Å². The first kappa shape index (κ1) is 22.0. The van der Waals surface area contributed by atoms with Gasteiger partial charge in [0.15, 0.2) is 0 Å². The van der Waals surface area contributed by atoms with E-state index in [2.05, 4.69) is 38.7 Å². The van der Waals surface area contributed by atoms with Crippen LogP contribution in [0.5, 0.6) is 0 Å². The number of hydrogen-bond donors (Lipinski definition) is 0. The second kappa shape index (κ2) is 9.28. The number of rotatable bonds is 8. The summed E-state index contributed by atoms with van der Waals surface area (Å²) in [6, 6.07) is 6.49. The molecule has 0 saturated carbocycles. The average Bonchev–Trinajstić information content (AvgIpc) is 2.59. The zero-order valence-electron chi connectivity index (χ0n) is 17.0. The molecule has 0 fully saturated rings. The van der Waals surface area contributed by atoms with Crippen LogP contribution in [0.1, 0.15) is 31.0 Å². The zero-order valence-corrected chi connectivity index (χ0v) is 18.9. The van der Waals surface area contributed by atoms with Gasteiger partial charge < -0.3 is 0 Å². The van der Waals surface area contributed by atoms with Crippen LogP contribution in [-0.4, -0.2) is 44.1 Å². The van der Waals surface area contributed by atoms with Crippen LogP contribution in [0.2, 0.25) is 0 Å². The SMILES string of the molecule is COOSN(C)c1nc(-c2ccc(F)cc2)c(C[PH](C)(C)C)c(C(C)C)n1. The third-order valence-electron chi connectivity index (χ3n) is 3.89. The van der Waals surface area contributed by atoms with Gasteiger partial charge in [0, 0.05) is 0 Å². The third kappa shape index (κ3) is 6.11. The fraction of sp³-hybridized carbons (Fsp3) is 0.474. The van der Waals surface area contributed by atoms with Crippen molar-refractivity contribution in [2.45, 2.75) is 25.9 Å². The Labute approximate surface area is 166 Å². The number of anilines is 1. The summed E-state index contributed by atoms with van der Waals surface area (Å²) in [4.78, 5) is 14.3. The first-order chi connectivity index (χ1) is 12.6. The van der Waals surface area contributed by atoms with Crippen LogP contribution in [-0.2, 0) is 15.4 Å². The molecule has 150 valence electrons. The Balaban J connectivity index is 2.66. The maximum absolute atomic E-state index is 13.5. The number of benzene rings is 1. The quantitative estimate of drug-likeness (QED) is 0.197. The molecule has 0 atom stereocenters. The Bertz CT molecular complexity index is 767. The van der Waals surface area contributed by atoms with E-state index in [1.807, 2.05) is 7.05 Å². The van der Waals surface area contributed by atoms with Gasteiger partial charge in [-0.2, -0.15) is 0 Å². The Morgan fingerprint density at radius 1 is 1.15 bits per heavy atom. The van der Waals surface area contributed by atoms with Gasteiger partial charge in [-0.15, -0.1) is 0 Å². The molecule has 2 aromatic rings. The van der Waals surface area contributed by atoms with Gasteiger partial charge >= 0.3 is 166 Å². The Kier molecular flexibility index (Phi) is 7.57. The fourth-order valence-corrected chi connectivity index (χ4v) is 4.48. The number of hydrogen-bond acceptors (Lipinski definition) is 6. The molecule has 1 aromatic carbocycles.